The second-order valence-corrected chi connectivity index (χ2v) is 21.4. The highest BCUT2D eigenvalue weighted by Gasteiger charge is 2.26. The van der Waals surface area contributed by atoms with Crippen LogP contribution in [0.4, 0.5) is 0 Å². The summed E-state index contributed by atoms with van der Waals surface area (Å²) in [6.07, 6.45) is 10.3. The molecule has 0 radical (unpaired) electrons. The Morgan fingerprint density at radius 2 is 0.354 bits per heavy atom. The van der Waals surface area contributed by atoms with E-state index in [2.05, 4.69) is 29.9 Å². The normalized spacial score (nSPS) is 11.1. The quantitative estimate of drug-likeness (QED) is 0.0921. The van der Waals surface area contributed by atoms with E-state index < -0.39 is 0 Å². The molecule has 0 saturated heterocycles. The summed E-state index contributed by atoms with van der Waals surface area (Å²) in [5.41, 5.74) is 13.3. The highest BCUT2D eigenvalue weighted by Crippen LogP contribution is 2.37. The van der Waals surface area contributed by atoms with E-state index in [0.717, 1.165) is 0 Å². The number of aromatic nitrogens is 22. The molecule has 0 aliphatic rings. The van der Waals surface area contributed by atoms with Gasteiger partial charge in [0.2, 0.25) is 11.6 Å². The Bertz CT molecular complexity index is 4940. The van der Waals surface area contributed by atoms with E-state index in [9.17, 15) is 0 Å². The molecule has 16 aromatic heterocycles. The van der Waals surface area contributed by atoms with Gasteiger partial charge in [0, 0.05) is 42.7 Å². The van der Waals surface area contributed by atoms with Crippen LogP contribution < -0.4 is 0 Å². The van der Waals surface area contributed by atoms with Crippen molar-refractivity contribution in [1.82, 2.24) is 110 Å². The Morgan fingerprint density at radius 3 is 0.604 bits per heavy atom. The molecular weight excluding hydrogens is 1200 g/mol. The molecule has 450 valence electrons. The van der Waals surface area contributed by atoms with Crippen LogP contribution in [0.5, 0.6) is 0 Å². The van der Waals surface area contributed by atoms with Crippen molar-refractivity contribution >= 4 is 0 Å². The molecule has 0 aliphatic carbocycles. The first-order chi connectivity index (χ1) is 47.5. The molecule has 96 heavy (non-hydrogen) atoms. The van der Waals surface area contributed by atoms with Crippen LogP contribution in [0.3, 0.4) is 0 Å². The third-order valence-electron chi connectivity index (χ3n) is 15.1. The maximum atomic E-state index is 5.37. The molecule has 0 unspecified atom stereocenters. The Balaban J connectivity index is 0.921. The van der Waals surface area contributed by atoms with Crippen LogP contribution in [0.1, 0.15) is 0 Å². The third-order valence-corrected chi connectivity index (χ3v) is 15.1. The largest absolute Gasteiger partial charge is 0.255 e. The van der Waals surface area contributed by atoms with Gasteiger partial charge in [-0.25, -0.2) is 49.8 Å². The maximum Gasteiger partial charge on any atom is 0.201 e. The molecule has 0 spiro atoms. The average molecular weight is 1240 g/mol. The summed E-state index contributed by atoms with van der Waals surface area (Å²) >= 11 is 0. The molecule has 0 N–H and O–H groups in total. The van der Waals surface area contributed by atoms with Gasteiger partial charge in [0.25, 0.3) is 0 Å². The fourth-order valence-electron chi connectivity index (χ4n) is 10.6. The van der Waals surface area contributed by atoms with Crippen molar-refractivity contribution in [2.24, 2.45) is 0 Å². The smallest absolute Gasteiger partial charge is 0.201 e. The zero-order valence-electron chi connectivity index (χ0n) is 50.2. The minimum absolute atomic E-state index is 0.0814. The summed E-state index contributed by atoms with van der Waals surface area (Å²) in [6.45, 7) is 0. The average Bonchev–Trinajstić information content (AvgIpc) is 0.785. The molecule has 0 aliphatic heterocycles. The lowest BCUT2D eigenvalue weighted by Crippen LogP contribution is -2.07. The van der Waals surface area contributed by atoms with Crippen LogP contribution in [-0.4, -0.2) is 110 Å². The van der Waals surface area contributed by atoms with Gasteiger partial charge in [-0.2, -0.15) is 0 Å². The van der Waals surface area contributed by atoms with Crippen LogP contribution in [0, 0.1) is 0 Å². The van der Waals surface area contributed by atoms with Gasteiger partial charge in [0.1, 0.15) is 45.6 Å². The Labute approximate surface area is 546 Å². The fourth-order valence-corrected chi connectivity index (χ4v) is 10.6. The molecule has 0 amide bonds. The van der Waals surface area contributed by atoms with Crippen LogP contribution in [0.25, 0.3) is 171 Å². The standard InChI is InChI=1S/C74H44N22/c1-7-37-75-46(19-1)52-25-13-31-58(81-52)66-69(61-34-16-28-55(84-61)49-22-4-10-40-78-49)91-94-72(88-66)45-43-64(73-89-67(59-32-14-26-53(82-59)47-20-2-8-38-76-47)70(92-95-73)62-35-17-29-56(85-62)50-23-5-11-41-79-50)87-65(44-45)74-90-68(60-33-15-27-54(83-60)48-21-3-9-39-77-48)71(93-96-74)63-36-18-30-57(86-63)51-24-6-12-42-80-51/h1-44H. The minimum atomic E-state index is 0.0814. The van der Waals surface area contributed by atoms with Gasteiger partial charge in [-0.05, 0) is 158 Å². The summed E-state index contributed by atoms with van der Waals surface area (Å²) in [6, 6.07) is 71.1. The van der Waals surface area contributed by atoms with Gasteiger partial charge < -0.3 is 0 Å². The lowest BCUT2D eigenvalue weighted by Gasteiger charge is -2.13. The van der Waals surface area contributed by atoms with E-state index in [1.54, 1.807) is 49.3 Å². The Kier molecular flexibility index (Phi) is 15.3. The van der Waals surface area contributed by atoms with Crippen molar-refractivity contribution < 1.29 is 0 Å². The van der Waals surface area contributed by atoms with Crippen molar-refractivity contribution in [2.75, 3.05) is 0 Å². The van der Waals surface area contributed by atoms with E-state index in [1.165, 1.54) is 0 Å². The predicted molar refractivity (Wildman–Crippen MR) is 359 cm³/mol. The van der Waals surface area contributed by atoms with E-state index >= 15 is 0 Å². The molecule has 16 heterocycles. The molecule has 16 aromatic rings. The van der Waals surface area contributed by atoms with Gasteiger partial charge in [-0.1, -0.05) is 72.8 Å². The zero-order chi connectivity index (χ0) is 64.0. The summed E-state index contributed by atoms with van der Waals surface area (Å²) in [4.78, 5) is 79.5. The topological polar surface area (TPSA) is 284 Å². The monoisotopic (exact) mass is 1240 g/mol. The van der Waals surface area contributed by atoms with Gasteiger partial charge in [0.15, 0.2) is 5.82 Å². The molecule has 0 bridgehead atoms. The maximum absolute atomic E-state index is 5.37. The SMILES string of the molecule is c1ccc(-c2cccc(-c3nnc(-c4cc(-c5nnc(-c6cccc(-c7ccccn7)n6)c(-c6cccc(-c7ccccn7)n6)n5)nc(-c5nnc(-c6cccc(-c7ccccn7)n6)c(-c6cccc(-c7ccccn7)n6)n5)c4)nc3-c3cccc(-c4ccccn4)n3)n2)nc1. The Morgan fingerprint density at radius 1 is 0.146 bits per heavy atom. The third kappa shape index (κ3) is 11.9. The second-order valence-electron chi connectivity index (χ2n) is 21.4. The highest BCUT2D eigenvalue weighted by molar-refractivity contribution is 5.82. The van der Waals surface area contributed by atoms with Crippen LogP contribution in [0.2, 0.25) is 0 Å². The van der Waals surface area contributed by atoms with E-state index in [-0.39, 0.29) is 28.9 Å². The number of hydrogen-bond acceptors (Lipinski definition) is 22. The van der Waals surface area contributed by atoms with Gasteiger partial charge >= 0.3 is 0 Å². The van der Waals surface area contributed by atoms with Crippen molar-refractivity contribution in [2.45, 2.75) is 0 Å². The van der Waals surface area contributed by atoms with Gasteiger partial charge in [-0.3, -0.25) is 29.9 Å². The van der Waals surface area contributed by atoms with Gasteiger partial charge in [-0.15, -0.1) is 30.6 Å². The van der Waals surface area contributed by atoms with Crippen LogP contribution in [0.15, 0.2) is 268 Å². The van der Waals surface area contributed by atoms with E-state index in [1.807, 2.05) is 218 Å². The number of nitrogens with zero attached hydrogens (tertiary/aromatic N) is 22. The van der Waals surface area contributed by atoms with Crippen LogP contribution >= 0.6 is 0 Å². The number of rotatable bonds is 15. The summed E-state index contributed by atoms with van der Waals surface area (Å²) in [7, 11) is 0. The van der Waals surface area contributed by atoms with E-state index in [0.29, 0.717) is 142 Å². The molecule has 22 nitrogen and oxygen atoms in total. The van der Waals surface area contributed by atoms with Crippen molar-refractivity contribution in [1.29, 1.82) is 0 Å². The van der Waals surface area contributed by atoms with Crippen LogP contribution in [-0.2, 0) is 0 Å². The molecule has 0 atom stereocenters. The number of pyridine rings is 13. The Hall–Kier alpha value is -14.0. The summed E-state index contributed by atoms with van der Waals surface area (Å²) in [5, 5.41) is 29.4. The molecule has 22 heteroatoms. The first-order valence-electron chi connectivity index (χ1n) is 30.2. The minimum Gasteiger partial charge on any atom is -0.255 e. The number of hydrogen-bond donors (Lipinski definition) is 0. The molecule has 0 fully saturated rings. The lowest BCUT2D eigenvalue weighted by atomic mass is 10.1. The zero-order valence-corrected chi connectivity index (χ0v) is 50.2. The summed E-state index contributed by atoms with van der Waals surface area (Å²) in [5.74, 6) is 0.315. The lowest BCUT2D eigenvalue weighted by molar-refractivity contribution is 0.956. The first-order valence-corrected chi connectivity index (χ1v) is 30.2. The van der Waals surface area contributed by atoms with E-state index in [4.69, 9.17) is 80.4 Å². The fraction of sp³-hybridized carbons (Fsp3) is 0. The molecule has 16 rings (SSSR count). The second kappa shape index (κ2) is 25.7. The van der Waals surface area contributed by atoms with Gasteiger partial charge in [0.05, 0.1) is 102 Å². The highest BCUT2D eigenvalue weighted by atomic mass is 15.2. The molecule has 0 aromatic carbocycles. The molecule has 0 saturated carbocycles. The first kappa shape index (κ1) is 57.2. The van der Waals surface area contributed by atoms with Crippen molar-refractivity contribution in [3.05, 3.63) is 268 Å². The molecular formula is C74H44N22. The van der Waals surface area contributed by atoms with Crippen molar-refractivity contribution in [3.8, 4) is 171 Å². The van der Waals surface area contributed by atoms with Crippen molar-refractivity contribution in [3.63, 3.8) is 0 Å². The predicted octanol–water partition coefficient (Wildman–Crippen LogP) is 13.4. The summed E-state index contributed by atoms with van der Waals surface area (Å²) < 4.78 is 0.